The van der Waals surface area contributed by atoms with Crippen LogP contribution in [-0.4, -0.2) is 27.9 Å². The summed E-state index contributed by atoms with van der Waals surface area (Å²) in [5, 5.41) is 5.82. The first-order valence-electron chi connectivity index (χ1n) is 8.97. The minimum atomic E-state index is -0.364. The normalized spacial score (nSPS) is 10.5. The van der Waals surface area contributed by atoms with Gasteiger partial charge in [0.05, 0.1) is 18.3 Å². The smallest absolute Gasteiger partial charge is 0.262 e. The third kappa shape index (κ3) is 4.70. The Balaban J connectivity index is 1.54. The van der Waals surface area contributed by atoms with Crippen LogP contribution in [0.4, 0.5) is 5.69 Å². The number of benzene rings is 1. The van der Waals surface area contributed by atoms with Crippen LogP contribution in [0.15, 0.2) is 35.4 Å². The number of hydrogen-bond acceptors (Lipinski definition) is 5. The van der Waals surface area contributed by atoms with E-state index in [1.807, 2.05) is 13.8 Å². The highest BCUT2D eigenvalue weighted by Crippen LogP contribution is 2.25. The molecule has 2 heterocycles. The van der Waals surface area contributed by atoms with Crippen LogP contribution in [0.3, 0.4) is 0 Å². The second-order valence-corrected chi connectivity index (χ2v) is 7.71. The van der Waals surface area contributed by atoms with E-state index in [1.165, 1.54) is 22.2 Å². The summed E-state index contributed by atoms with van der Waals surface area (Å²) in [6, 6.07) is 6.88. The number of thiophene rings is 1. The van der Waals surface area contributed by atoms with E-state index in [0.717, 1.165) is 10.4 Å². The van der Waals surface area contributed by atoms with Gasteiger partial charge in [-0.2, -0.15) is 0 Å². The van der Waals surface area contributed by atoms with Crippen molar-refractivity contribution in [3.63, 3.8) is 0 Å². The number of amides is 2. The van der Waals surface area contributed by atoms with Gasteiger partial charge in [-0.3, -0.25) is 19.0 Å². The maximum Gasteiger partial charge on any atom is 0.262 e. The van der Waals surface area contributed by atoms with Crippen LogP contribution < -0.4 is 16.2 Å². The van der Waals surface area contributed by atoms with Crippen molar-refractivity contribution in [1.29, 1.82) is 0 Å². The fourth-order valence-corrected chi connectivity index (χ4v) is 3.80. The molecule has 0 saturated carbocycles. The number of aromatic nitrogens is 2. The summed E-state index contributed by atoms with van der Waals surface area (Å²) in [6.07, 6.45) is 6.85. The number of anilines is 1. The molecule has 29 heavy (non-hydrogen) atoms. The monoisotopic (exact) mass is 408 g/mol. The van der Waals surface area contributed by atoms with Gasteiger partial charge in [0.1, 0.15) is 4.83 Å². The molecule has 3 rings (SSSR count). The van der Waals surface area contributed by atoms with Crippen molar-refractivity contribution < 1.29 is 9.59 Å². The maximum absolute atomic E-state index is 12.6. The Morgan fingerprint density at radius 3 is 2.83 bits per heavy atom. The molecule has 0 aliphatic rings. The Morgan fingerprint density at radius 1 is 1.28 bits per heavy atom. The number of carbonyl (C=O) groups is 2. The molecular weight excluding hydrogens is 388 g/mol. The topological polar surface area (TPSA) is 93.1 Å². The Bertz CT molecular complexity index is 1190. The molecule has 3 aromatic rings. The van der Waals surface area contributed by atoms with E-state index < -0.39 is 0 Å². The molecule has 2 aromatic heterocycles. The van der Waals surface area contributed by atoms with Gasteiger partial charge in [-0.1, -0.05) is 12.0 Å². The summed E-state index contributed by atoms with van der Waals surface area (Å²) < 4.78 is 1.42. The Hall–Kier alpha value is -3.44. The first-order valence-corrected chi connectivity index (χ1v) is 9.79. The molecule has 0 radical (unpaired) electrons. The molecule has 0 fully saturated rings. The SMILES string of the molecule is C#Cc1cccc(NC(=O)CNC(=O)CCn2cnc3sc(C)c(C)c3c2=O)c1. The number of carbonyl (C=O) groups excluding carboxylic acids is 2. The lowest BCUT2D eigenvalue weighted by Crippen LogP contribution is -2.34. The van der Waals surface area contributed by atoms with E-state index in [0.29, 0.717) is 21.5 Å². The third-order valence-corrected chi connectivity index (χ3v) is 5.61. The summed E-state index contributed by atoms with van der Waals surface area (Å²) in [5.41, 5.74) is 1.98. The molecule has 2 amide bonds. The Labute approximate surface area is 171 Å². The molecule has 0 aliphatic heterocycles. The Morgan fingerprint density at radius 2 is 2.07 bits per heavy atom. The number of fused-ring (bicyclic) bond motifs is 1. The molecule has 0 spiro atoms. The molecular formula is C21H20N4O3S. The summed E-state index contributed by atoms with van der Waals surface area (Å²) in [5.74, 6) is 1.80. The molecule has 1 aromatic carbocycles. The lowest BCUT2D eigenvalue weighted by molar-refractivity contribution is -0.124. The zero-order valence-electron chi connectivity index (χ0n) is 16.1. The lowest BCUT2D eigenvalue weighted by Gasteiger charge is -2.08. The van der Waals surface area contributed by atoms with Gasteiger partial charge in [0.2, 0.25) is 11.8 Å². The van der Waals surface area contributed by atoms with Gasteiger partial charge in [-0.05, 0) is 37.6 Å². The van der Waals surface area contributed by atoms with Gasteiger partial charge in [0.25, 0.3) is 5.56 Å². The summed E-state index contributed by atoms with van der Waals surface area (Å²) in [7, 11) is 0. The number of rotatable bonds is 6. The van der Waals surface area contributed by atoms with Crippen LogP contribution in [-0.2, 0) is 16.1 Å². The summed E-state index contributed by atoms with van der Waals surface area (Å²) in [6.45, 7) is 3.86. The van der Waals surface area contributed by atoms with Gasteiger partial charge in [0, 0.05) is 29.1 Å². The van der Waals surface area contributed by atoms with E-state index in [-0.39, 0.29) is 36.9 Å². The van der Waals surface area contributed by atoms with Crippen molar-refractivity contribution in [3.8, 4) is 12.3 Å². The summed E-state index contributed by atoms with van der Waals surface area (Å²) >= 11 is 1.48. The van der Waals surface area contributed by atoms with Crippen molar-refractivity contribution in [2.45, 2.75) is 26.8 Å². The van der Waals surface area contributed by atoms with Crippen molar-refractivity contribution in [3.05, 3.63) is 57.0 Å². The third-order valence-electron chi connectivity index (χ3n) is 4.49. The van der Waals surface area contributed by atoms with Crippen molar-refractivity contribution in [2.24, 2.45) is 0 Å². The predicted octanol–water partition coefficient (Wildman–Crippen LogP) is 2.20. The fourth-order valence-electron chi connectivity index (χ4n) is 2.81. The highest BCUT2D eigenvalue weighted by atomic mass is 32.1. The lowest BCUT2D eigenvalue weighted by atomic mass is 10.2. The first-order chi connectivity index (χ1) is 13.9. The first kappa shape index (κ1) is 20.3. The minimum Gasteiger partial charge on any atom is -0.347 e. The second-order valence-electron chi connectivity index (χ2n) is 6.51. The molecule has 0 aliphatic carbocycles. The standard InChI is InChI=1S/C21H20N4O3S/c1-4-15-6-5-7-16(10-15)24-18(27)11-22-17(26)8-9-25-12-23-20-19(21(25)28)13(2)14(3)29-20/h1,5-7,10,12H,8-9,11H2,2-3H3,(H,22,26)(H,24,27). The average Bonchev–Trinajstić information content (AvgIpc) is 3.00. The number of aryl methyl sites for hydroxylation is 3. The van der Waals surface area contributed by atoms with Crippen molar-refractivity contribution in [2.75, 3.05) is 11.9 Å². The molecule has 0 saturated heterocycles. The molecule has 0 atom stereocenters. The van der Waals surface area contributed by atoms with Crippen LogP contribution in [0.2, 0.25) is 0 Å². The Kier molecular flexibility index (Phi) is 6.10. The van der Waals surface area contributed by atoms with Crippen LogP contribution in [0.1, 0.15) is 22.4 Å². The second kappa shape index (κ2) is 8.71. The number of terminal acetylenes is 1. The number of nitrogens with one attached hydrogen (secondary N) is 2. The van der Waals surface area contributed by atoms with E-state index in [2.05, 4.69) is 21.5 Å². The van der Waals surface area contributed by atoms with Gasteiger partial charge in [-0.15, -0.1) is 17.8 Å². The number of hydrogen-bond donors (Lipinski definition) is 2. The van der Waals surface area contributed by atoms with Crippen LogP contribution in [0.5, 0.6) is 0 Å². The molecule has 148 valence electrons. The van der Waals surface area contributed by atoms with Gasteiger partial charge in [0.15, 0.2) is 0 Å². The van der Waals surface area contributed by atoms with Gasteiger partial charge in [-0.25, -0.2) is 4.98 Å². The van der Waals surface area contributed by atoms with E-state index in [1.54, 1.807) is 24.3 Å². The predicted molar refractivity (Wildman–Crippen MR) is 114 cm³/mol. The molecule has 0 unspecified atom stereocenters. The fraction of sp³-hybridized carbons (Fsp3) is 0.238. The van der Waals surface area contributed by atoms with E-state index in [4.69, 9.17) is 6.42 Å². The van der Waals surface area contributed by atoms with E-state index >= 15 is 0 Å². The molecule has 0 bridgehead atoms. The van der Waals surface area contributed by atoms with Gasteiger partial charge >= 0.3 is 0 Å². The minimum absolute atomic E-state index is 0.0646. The zero-order chi connectivity index (χ0) is 21.0. The van der Waals surface area contributed by atoms with Crippen molar-refractivity contribution >= 4 is 39.1 Å². The van der Waals surface area contributed by atoms with Crippen LogP contribution >= 0.6 is 11.3 Å². The highest BCUT2D eigenvalue weighted by Gasteiger charge is 2.13. The summed E-state index contributed by atoms with van der Waals surface area (Å²) in [4.78, 5) is 42.7. The maximum atomic E-state index is 12.6. The zero-order valence-corrected chi connectivity index (χ0v) is 16.9. The molecule has 7 nitrogen and oxygen atoms in total. The quantitative estimate of drug-likeness (QED) is 0.612. The van der Waals surface area contributed by atoms with Crippen LogP contribution in [0.25, 0.3) is 10.2 Å². The highest BCUT2D eigenvalue weighted by molar-refractivity contribution is 7.18. The van der Waals surface area contributed by atoms with Crippen LogP contribution in [0, 0.1) is 26.2 Å². The average molecular weight is 408 g/mol. The largest absolute Gasteiger partial charge is 0.347 e. The molecule has 2 N–H and O–H groups in total. The van der Waals surface area contributed by atoms with Crippen molar-refractivity contribution in [1.82, 2.24) is 14.9 Å². The van der Waals surface area contributed by atoms with Gasteiger partial charge < -0.3 is 10.6 Å². The van der Waals surface area contributed by atoms with E-state index in [9.17, 15) is 14.4 Å². The number of nitrogens with zero attached hydrogens (tertiary/aromatic N) is 2. The molecule has 8 heteroatoms.